The van der Waals surface area contributed by atoms with E-state index < -0.39 is 0 Å². The van der Waals surface area contributed by atoms with Crippen LogP contribution in [0.3, 0.4) is 0 Å². The summed E-state index contributed by atoms with van der Waals surface area (Å²) in [5, 5.41) is 0. The summed E-state index contributed by atoms with van der Waals surface area (Å²) in [6.07, 6.45) is 0. The molecule has 0 N–H and O–H groups in total. The summed E-state index contributed by atoms with van der Waals surface area (Å²) in [4.78, 5) is 0. The van der Waals surface area contributed by atoms with Gasteiger partial charge in [0.2, 0.25) is 0 Å². The van der Waals surface area contributed by atoms with E-state index in [1.54, 1.807) is 0 Å². The lowest BCUT2D eigenvalue weighted by Crippen LogP contribution is -1.87. The molecule has 0 saturated carbocycles. The molecular formula is C15H15. The second-order valence-electron chi connectivity index (χ2n) is 4.06. The molecule has 0 heteroatoms. The van der Waals surface area contributed by atoms with Gasteiger partial charge in [0.1, 0.15) is 0 Å². The van der Waals surface area contributed by atoms with Crippen LogP contribution in [0.25, 0.3) is 11.1 Å². The number of rotatable bonds is 2. The number of benzene rings is 2. The fourth-order valence-corrected chi connectivity index (χ4v) is 1.64. The molecule has 0 aliphatic heterocycles. The van der Waals surface area contributed by atoms with Gasteiger partial charge in [-0.25, -0.2) is 0 Å². The average Bonchev–Trinajstić information content (AvgIpc) is 2.30. The lowest BCUT2D eigenvalue weighted by atomic mass is 9.98. The van der Waals surface area contributed by atoms with Crippen molar-refractivity contribution in [2.45, 2.75) is 19.8 Å². The highest BCUT2D eigenvalue weighted by molar-refractivity contribution is 5.63. The fourth-order valence-electron chi connectivity index (χ4n) is 1.64. The van der Waals surface area contributed by atoms with Crippen LogP contribution in [-0.4, -0.2) is 0 Å². The molecule has 15 heavy (non-hydrogen) atoms. The van der Waals surface area contributed by atoms with E-state index in [9.17, 15) is 0 Å². The molecule has 2 aromatic carbocycles. The standard InChI is InChI=1S/C15H15/c1-12(2)14-9-6-10-15(11-14)13-7-4-3-5-8-13/h3-7,9-12H,1-2H3. The summed E-state index contributed by atoms with van der Waals surface area (Å²) in [7, 11) is 0. The molecule has 0 heterocycles. The minimum Gasteiger partial charge on any atom is -0.0616 e. The molecule has 0 aliphatic rings. The maximum absolute atomic E-state index is 3.25. The van der Waals surface area contributed by atoms with Crippen LogP contribution in [0.1, 0.15) is 25.3 Å². The van der Waals surface area contributed by atoms with E-state index >= 15 is 0 Å². The lowest BCUT2D eigenvalue weighted by molar-refractivity contribution is 0.867. The SMILES string of the molecule is CC(C)c1cccc(-c2[c]cccc2)c1. The van der Waals surface area contributed by atoms with Crippen LogP contribution in [0.4, 0.5) is 0 Å². The minimum atomic E-state index is 0.577. The third kappa shape index (κ3) is 2.27. The maximum atomic E-state index is 3.25. The second kappa shape index (κ2) is 4.31. The lowest BCUT2D eigenvalue weighted by Gasteiger charge is -2.07. The molecule has 0 saturated heterocycles. The first kappa shape index (κ1) is 9.97. The molecule has 0 atom stereocenters. The highest BCUT2D eigenvalue weighted by atomic mass is 14.1. The molecule has 0 nitrogen and oxygen atoms in total. The predicted molar refractivity (Wildman–Crippen MR) is 64.8 cm³/mol. The molecule has 0 bridgehead atoms. The Labute approximate surface area is 91.6 Å². The van der Waals surface area contributed by atoms with Crippen molar-refractivity contribution in [3.8, 4) is 11.1 Å². The number of hydrogen-bond acceptors (Lipinski definition) is 0. The van der Waals surface area contributed by atoms with E-state index in [0.29, 0.717) is 5.92 Å². The third-order valence-corrected chi connectivity index (χ3v) is 2.57. The van der Waals surface area contributed by atoms with Crippen LogP contribution in [-0.2, 0) is 0 Å². The van der Waals surface area contributed by atoms with Crippen molar-refractivity contribution in [3.05, 3.63) is 60.2 Å². The molecule has 0 spiro atoms. The largest absolute Gasteiger partial charge is 0.0616 e. The van der Waals surface area contributed by atoms with Crippen LogP contribution >= 0.6 is 0 Å². The monoisotopic (exact) mass is 195 g/mol. The summed E-state index contributed by atoms with van der Waals surface area (Å²) >= 11 is 0. The Bertz CT molecular complexity index is 427. The van der Waals surface area contributed by atoms with Crippen molar-refractivity contribution in [3.63, 3.8) is 0 Å². The van der Waals surface area contributed by atoms with Gasteiger partial charge in [0, 0.05) is 0 Å². The smallest absolute Gasteiger partial charge is 0.00992 e. The zero-order valence-electron chi connectivity index (χ0n) is 9.20. The van der Waals surface area contributed by atoms with E-state index in [2.05, 4.69) is 50.2 Å². The maximum Gasteiger partial charge on any atom is -0.00992 e. The molecule has 0 aromatic heterocycles. The molecule has 75 valence electrons. The molecule has 1 radical (unpaired) electrons. The fraction of sp³-hybridized carbons (Fsp3) is 0.200. The predicted octanol–water partition coefficient (Wildman–Crippen LogP) is 4.28. The van der Waals surface area contributed by atoms with Gasteiger partial charge in [-0.2, -0.15) is 0 Å². The van der Waals surface area contributed by atoms with Crippen molar-refractivity contribution in [1.29, 1.82) is 0 Å². The molecule has 0 amide bonds. The van der Waals surface area contributed by atoms with E-state index in [4.69, 9.17) is 0 Å². The van der Waals surface area contributed by atoms with Gasteiger partial charge in [-0.1, -0.05) is 62.4 Å². The van der Waals surface area contributed by atoms with Gasteiger partial charge in [-0.3, -0.25) is 0 Å². The van der Waals surface area contributed by atoms with Gasteiger partial charge in [0.15, 0.2) is 0 Å². The summed E-state index contributed by atoms with van der Waals surface area (Å²) in [5.41, 5.74) is 3.80. The van der Waals surface area contributed by atoms with Crippen molar-refractivity contribution in [1.82, 2.24) is 0 Å². The van der Waals surface area contributed by atoms with Gasteiger partial charge >= 0.3 is 0 Å². The summed E-state index contributed by atoms with van der Waals surface area (Å²) in [6, 6.07) is 20.0. The van der Waals surface area contributed by atoms with Crippen LogP contribution in [0.5, 0.6) is 0 Å². The first-order valence-corrected chi connectivity index (χ1v) is 5.34. The van der Waals surface area contributed by atoms with Crippen molar-refractivity contribution in [2.24, 2.45) is 0 Å². The Balaban J connectivity index is 2.42. The highest BCUT2D eigenvalue weighted by Gasteiger charge is 2.01. The molecule has 0 unspecified atom stereocenters. The molecule has 0 aliphatic carbocycles. The van der Waals surface area contributed by atoms with Gasteiger partial charge in [-0.15, -0.1) is 0 Å². The Kier molecular flexibility index (Phi) is 2.86. The number of hydrogen-bond donors (Lipinski definition) is 0. The molecule has 0 fully saturated rings. The van der Waals surface area contributed by atoms with Crippen LogP contribution in [0, 0.1) is 6.07 Å². The first-order chi connectivity index (χ1) is 7.27. The molecule has 2 rings (SSSR count). The van der Waals surface area contributed by atoms with Crippen molar-refractivity contribution in [2.75, 3.05) is 0 Å². The van der Waals surface area contributed by atoms with Crippen molar-refractivity contribution >= 4 is 0 Å². The van der Waals surface area contributed by atoms with E-state index in [0.717, 1.165) is 0 Å². The van der Waals surface area contributed by atoms with E-state index in [-0.39, 0.29) is 0 Å². The van der Waals surface area contributed by atoms with Crippen LogP contribution in [0.15, 0.2) is 48.5 Å². The van der Waals surface area contributed by atoms with Gasteiger partial charge in [0.25, 0.3) is 0 Å². The first-order valence-electron chi connectivity index (χ1n) is 5.34. The zero-order valence-corrected chi connectivity index (χ0v) is 9.20. The quantitative estimate of drug-likeness (QED) is 0.671. The zero-order chi connectivity index (χ0) is 10.7. The summed E-state index contributed by atoms with van der Waals surface area (Å²) < 4.78 is 0. The average molecular weight is 195 g/mol. The van der Waals surface area contributed by atoms with E-state index in [1.807, 2.05) is 18.2 Å². The van der Waals surface area contributed by atoms with Crippen LogP contribution in [0.2, 0.25) is 0 Å². The Morgan fingerprint density at radius 3 is 2.53 bits per heavy atom. The molecular weight excluding hydrogens is 180 g/mol. The minimum absolute atomic E-state index is 0.577. The topological polar surface area (TPSA) is 0 Å². The third-order valence-electron chi connectivity index (χ3n) is 2.57. The van der Waals surface area contributed by atoms with Gasteiger partial charge < -0.3 is 0 Å². The summed E-state index contributed by atoms with van der Waals surface area (Å²) in [5.74, 6) is 0.577. The van der Waals surface area contributed by atoms with Crippen LogP contribution < -0.4 is 0 Å². The van der Waals surface area contributed by atoms with Crippen molar-refractivity contribution < 1.29 is 0 Å². The molecule has 2 aromatic rings. The Hall–Kier alpha value is -1.56. The second-order valence-corrected chi connectivity index (χ2v) is 4.06. The normalized spacial score (nSPS) is 10.6. The highest BCUT2D eigenvalue weighted by Crippen LogP contribution is 2.23. The Morgan fingerprint density at radius 2 is 1.87 bits per heavy atom. The summed E-state index contributed by atoms with van der Waals surface area (Å²) in [6.45, 7) is 4.43. The van der Waals surface area contributed by atoms with Gasteiger partial charge in [-0.05, 0) is 28.7 Å². The van der Waals surface area contributed by atoms with E-state index in [1.165, 1.54) is 16.7 Å². The Morgan fingerprint density at radius 1 is 1.00 bits per heavy atom. The van der Waals surface area contributed by atoms with Gasteiger partial charge in [0.05, 0.1) is 0 Å².